The first-order valence-corrected chi connectivity index (χ1v) is 8.86. The van der Waals surface area contributed by atoms with Crippen LogP contribution in [-0.2, 0) is 4.79 Å². The van der Waals surface area contributed by atoms with Crippen molar-refractivity contribution in [2.45, 2.75) is 76.3 Å². The van der Waals surface area contributed by atoms with E-state index in [4.69, 9.17) is 0 Å². The lowest BCUT2D eigenvalue weighted by Gasteiger charge is -2.33. The maximum Gasteiger partial charge on any atom is 0.240 e. The van der Waals surface area contributed by atoms with Crippen molar-refractivity contribution in [2.75, 3.05) is 12.3 Å². The van der Waals surface area contributed by atoms with Gasteiger partial charge < -0.3 is 10.2 Å². The summed E-state index contributed by atoms with van der Waals surface area (Å²) in [6, 6.07) is 0.955. The summed E-state index contributed by atoms with van der Waals surface area (Å²) in [5.74, 6) is 1.50. The highest BCUT2D eigenvalue weighted by Crippen LogP contribution is 2.29. The van der Waals surface area contributed by atoms with Crippen molar-refractivity contribution in [2.24, 2.45) is 0 Å². The van der Waals surface area contributed by atoms with Crippen molar-refractivity contribution < 1.29 is 4.79 Å². The summed E-state index contributed by atoms with van der Waals surface area (Å²) < 4.78 is 0. The van der Waals surface area contributed by atoms with E-state index in [0.717, 1.165) is 13.0 Å². The Kier molecular flexibility index (Phi) is 5.58. The summed E-state index contributed by atoms with van der Waals surface area (Å²) in [4.78, 5) is 14.4. The molecule has 0 spiro atoms. The highest BCUT2D eigenvalue weighted by molar-refractivity contribution is 7.99. The van der Waals surface area contributed by atoms with E-state index in [1.165, 1.54) is 31.4 Å². The molecule has 110 valence electrons. The number of thioether (sulfide) groups is 1. The van der Waals surface area contributed by atoms with Crippen LogP contribution in [-0.4, -0.2) is 46.5 Å². The van der Waals surface area contributed by atoms with Gasteiger partial charge in [-0.05, 0) is 38.9 Å². The molecule has 0 bridgehead atoms. The minimum atomic E-state index is 0.0745. The lowest BCUT2D eigenvalue weighted by atomic mass is 9.94. The third-order valence-electron chi connectivity index (χ3n) is 4.36. The zero-order valence-corrected chi connectivity index (χ0v) is 13.3. The summed E-state index contributed by atoms with van der Waals surface area (Å²) >= 11 is 2.06. The number of nitrogens with zero attached hydrogens (tertiary/aromatic N) is 1. The Morgan fingerprint density at radius 2 is 2.05 bits per heavy atom. The van der Waals surface area contributed by atoms with Crippen molar-refractivity contribution in [1.29, 1.82) is 0 Å². The number of amides is 1. The van der Waals surface area contributed by atoms with E-state index >= 15 is 0 Å². The van der Waals surface area contributed by atoms with Crippen molar-refractivity contribution in [1.82, 2.24) is 10.2 Å². The van der Waals surface area contributed by atoms with Crippen LogP contribution in [0.3, 0.4) is 0 Å². The summed E-state index contributed by atoms with van der Waals surface area (Å²) in [6.07, 6.45) is 6.20. The van der Waals surface area contributed by atoms with Crippen molar-refractivity contribution in [3.05, 3.63) is 0 Å². The van der Waals surface area contributed by atoms with E-state index in [0.29, 0.717) is 23.2 Å². The van der Waals surface area contributed by atoms with Crippen LogP contribution >= 0.6 is 11.8 Å². The molecular weight excluding hydrogens is 256 g/mol. The van der Waals surface area contributed by atoms with E-state index < -0.39 is 0 Å². The van der Waals surface area contributed by atoms with Crippen LogP contribution < -0.4 is 5.32 Å². The van der Waals surface area contributed by atoms with Gasteiger partial charge in [-0.3, -0.25) is 4.79 Å². The van der Waals surface area contributed by atoms with Gasteiger partial charge in [0.1, 0.15) is 0 Å². The molecule has 0 unspecified atom stereocenters. The Bertz CT molecular complexity index is 307. The molecule has 0 radical (unpaired) electrons. The standard InChI is InChI=1S/C15H28N2OS/c1-4-19-14-8-6-5-7-12(14)16-13-9-10-17(11(2)3)15(13)18/h11-14,16H,4-10H2,1-3H3/t12-,13+,14+/m0/s1. The first kappa shape index (κ1) is 15.2. The van der Waals surface area contributed by atoms with Gasteiger partial charge in [0.25, 0.3) is 0 Å². The van der Waals surface area contributed by atoms with Gasteiger partial charge in [0.15, 0.2) is 0 Å². The van der Waals surface area contributed by atoms with Gasteiger partial charge in [0.2, 0.25) is 5.91 Å². The molecule has 2 fully saturated rings. The maximum atomic E-state index is 12.3. The van der Waals surface area contributed by atoms with Crippen LogP contribution in [0.25, 0.3) is 0 Å². The topological polar surface area (TPSA) is 32.3 Å². The van der Waals surface area contributed by atoms with Gasteiger partial charge in [0.05, 0.1) is 6.04 Å². The largest absolute Gasteiger partial charge is 0.339 e. The Balaban J connectivity index is 1.91. The molecule has 0 aromatic rings. The summed E-state index contributed by atoms with van der Waals surface area (Å²) in [5, 5.41) is 4.38. The smallest absolute Gasteiger partial charge is 0.240 e. The Labute approximate surface area is 121 Å². The summed E-state index contributed by atoms with van der Waals surface area (Å²) in [5.41, 5.74) is 0. The Hall–Kier alpha value is -0.220. The normalized spacial score (nSPS) is 32.3. The van der Waals surface area contributed by atoms with Crippen LogP contribution in [0.1, 0.15) is 52.9 Å². The lowest BCUT2D eigenvalue weighted by Crippen LogP contribution is -2.49. The second-order valence-electron chi connectivity index (χ2n) is 6.02. The average molecular weight is 284 g/mol. The fourth-order valence-electron chi connectivity index (χ4n) is 3.33. The molecule has 19 heavy (non-hydrogen) atoms. The van der Waals surface area contributed by atoms with Crippen LogP contribution in [0.15, 0.2) is 0 Å². The molecular formula is C15H28N2OS. The first-order valence-electron chi connectivity index (χ1n) is 7.81. The number of hydrogen-bond donors (Lipinski definition) is 1. The minimum Gasteiger partial charge on any atom is -0.339 e. The van der Waals surface area contributed by atoms with Gasteiger partial charge in [-0.25, -0.2) is 0 Å². The number of carbonyl (C=O) groups is 1. The van der Waals surface area contributed by atoms with Crippen LogP contribution in [0.2, 0.25) is 0 Å². The van der Waals surface area contributed by atoms with E-state index in [-0.39, 0.29) is 6.04 Å². The van der Waals surface area contributed by atoms with Crippen LogP contribution in [0.5, 0.6) is 0 Å². The molecule has 1 aliphatic heterocycles. The van der Waals surface area contributed by atoms with Crippen LogP contribution in [0, 0.1) is 0 Å². The van der Waals surface area contributed by atoms with Gasteiger partial charge in [-0.15, -0.1) is 0 Å². The number of hydrogen-bond acceptors (Lipinski definition) is 3. The minimum absolute atomic E-state index is 0.0745. The number of likely N-dealkylation sites (tertiary alicyclic amines) is 1. The monoisotopic (exact) mass is 284 g/mol. The zero-order chi connectivity index (χ0) is 13.8. The molecule has 3 nitrogen and oxygen atoms in total. The second-order valence-corrected chi connectivity index (χ2v) is 7.53. The molecule has 3 atom stereocenters. The molecule has 4 heteroatoms. The van der Waals surface area contributed by atoms with Crippen molar-refractivity contribution in [3.63, 3.8) is 0 Å². The number of carbonyl (C=O) groups excluding carboxylic acids is 1. The van der Waals surface area contributed by atoms with E-state index in [9.17, 15) is 4.79 Å². The molecule has 2 rings (SSSR count). The van der Waals surface area contributed by atoms with E-state index in [1.807, 2.05) is 4.90 Å². The number of rotatable bonds is 5. The molecule has 1 saturated carbocycles. The SMILES string of the molecule is CCS[C@@H]1CCCC[C@@H]1N[C@@H]1CCN(C(C)C)C1=O. The quantitative estimate of drug-likeness (QED) is 0.842. The Morgan fingerprint density at radius 1 is 1.32 bits per heavy atom. The highest BCUT2D eigenvalue weighted by Gasteiger charge is 2.36. The van der Waals surface area contributed by atoms with Crippen molar-refractivity contribution in [3.8, 4) is 0 Å². The average Bonchev–Trinajstić information content (AvgIpc) is 2.74. The molecule has 1 saturated heterocycles. The summed E-state index contributed by atoms with van der Waals surface area (Å²) in [7, 11) is 0. The predicted molar refractivity (Wildman–Crippen MR) is 82.6 cm³/mol. The maximum absolute atomic E-state index is 12.3. The third-order valence-corrected chi connectivity index (χ3v) is 5.69. The van der Waals surface area contributed by atoms with E-state index in [2.05, 4.69) is 37.8 Å². The Morgan fingerprint density at radius 3 is 2.68 bits per heavy atom. The number of nitrogens with one attached hydrogen (secondary N) is 1. The van der Waals surface area contributed by atoms with Crippen molar-refractivity contribution >= 4 is 17.7 Å². The van der Waals surface area contributed by atoms with Gasteiger partial charge in [0, 0.05) is 23.9 Å². The fraction of sp³-hybridized carbons (Fsp3) is 0.933. The summed E-state index contributed by atoms with van der Waals surface area (Å²) in [6.45, 7) is 7.37. The molecule has 0 aromatic heterocycles. The fourth-order valence-corrected chi connectivity index (χ4v) is 4.54. The van der Waals surface area contributed by atoms with Crippen LogP contribution in [0.4, 0.5) is 0 Å². The molecule has 1 amide bonds. The second kappa shape index (κ2) is 6.98. The molecule has 2 aliphatic rings. The molecule has 0 aromatic carbocycles. The first-order chi connectivity index (χ1) is 9.13. The lowest BCUT2D eigenvalue weighted by molar-refractivity contribution is -0.131. The third kappa shape index (κ3) is 3.66. The zero-order valence-electron chi connectivity index (χ0n) is 12.5. The van der Waals surface area contributed by atoms with Gasteiger partial charge in [-0.1, -0.05) is 19.8 Å². The van der Waals surface area contributed by atoms with E-state index in [1.54, 1.807) is 0 Å². The molecule has 1 N–H and O–H groups in total. The molecule has 1 heterocycles. The molecule has 1 aliphatic carbocycles. The van der Waals surface area contributed by atoms with Gasteiger partial charge >= 0.3 is 0 Å². The predicted octanol–water partition coefficient (Wildman–Crippen LogP) is 2.65. The van der Waals surface area contributed by atoms with Gasteiger partial charge in [-0.2, -0.15) is 11.8 Å². The highest BCUT2D eigenvalue weighted by atomic mass is 32.2.